The van der Waals surface area contributed by atoms with E-state index < -0.39 is 17.8 Å². The summed E-state index contributed by atoms with van der Waals surface area (Å²) in [7, 11) is 1.29. The molecule has 0 unspecified atom stereocenters. The Labute approximate surface area is 148 Å². The molecular weight excluding hydrogens is 346 g/mol. The number of hydrogen-bond donors (Lipinski definition) is 2. The Hall–Kier alpha value is -3.19. The minimum absolute atomic E-state index is 0.393. The summed E-state index contributed by atoms with van der Waals surface area (Å²) in [5.74, 6) is -2.25. The first kappa shape index (κ1) is 18.2. The van der Waals surface area contributed by atoms with Crippen LogP contribution < -0.4 is 10.7 Å². The number of carbonyl (C=O) groups is 3. The molecule has 128 valence electrons. The van der Waals surface area contributed by atoms with E-state index in [1.807, 2.05) is 0 Å². The molecule has 0 spiro atoms. The van der Waals surface area contributed by atoms with Gasteiger partial charge in [-0.2, -0.15) is 5.10 Å². The Kier molecular flexibility index (Phi) is 6.25. The van der Waals surface area contributed by atoms with Gasteiger partial charge in [-0.15, -0.1) is 0 Å². The molecule has 0 saturated heterocycles. The third kappa shape index (κ3) is 5.43. The average Bonchev–Trinajstić information content (AvgIpc) is 2.61. The Morgan fingerprint density at radius 3 is 2.44 bits per heavy atom. The normalized spacial score (nSPS) is 10.3. The number of nitrogens with one attached hydrogen (secondary N) is 2. The number of methoxy groups -OCH3 is 1. The van der Waals surface area contributed by atoms with Crippen molar-refractivity contribution in [3.05, 3.63) is 64.7 Å². The maximum absolute atomic E-state index is 11.7. The van der Waals surface area contributed by atoms with Crippen molar-refractivity contribution in [1.29, 1.82) is 0 Å². The summed E-state index contributed by atoms with van der Waals surface area (Å²) < 4.78 is 4.59. The summed E-state index contributed by atoms with van der Waals surface area (Å²) in [6.07, 6.45) is 1.34. The molecule has 0 saturated carbocycles. The molecule has 25 heavy (non-hydrogen) atoms. The van der Waals surface area contributed by atoms with Crippen molar-refractivity contribution in [2.24, 2.45) is 5.10 Å². The SMILES string of the molecule is COC(=O)c1ccc(/C=N\NC(=O)C(=O)Nc2cccc(Cl)c2)cc1. The number of rotatable bonds is 4. The van der Waals surface area contributed by atoms with Crippen molar-refractivity contribution in [3.63, 3.8) is 0 Å². The Morgan fingerprint density at radius 2 is 1.80 bits per heavy atom. The largest absolute Gasteiger partial charge is 0.465 e. The standard InChI is InChI=1S/C17H14ClN3O4/c1-25-17(24)12-7-5-11(6-8-12)10-19-21-16(23)15(22)20-14-4-2-3-13(18)9-14/h2-10H,1H3,(H,20,22)(H,21,23)/b19-10-. The number of carbonyl (C=O) groups excluding carboxylic acids is 3. The first-order valence-corrected chi connectivity index (χ1v) is 7.45. The molecule has 0 aliphatic heterocycles. The summed E-state index contributed by atoms with van der Waals surface area (Å²) in [5.41, 5.74) is 3.53. The topological polar surface area (TPSA) is 96.9 Å². The Bertz CT molecular complexity index is 819. The summed E-state index contributed by atoms with van der Waals surface area (Å²) in [4.78, 5) is 34.7. The maximum atomic E-state index is 11.7. The van der Waals surface area contributed by atoms with Crippen molar-refractivity contribution in [2.75, 3.05) is 12.4 Å². The molecule has 2 amide bonds. The number of esters is 1. The van der Waals surface area contributed by atoms with Crippen molar-refractivity contribution in [3.8, 4) is 0 Å². The van der Waals surface area contributed by atoms with E-state index in [4.69, 9.17) is 11.6 Å². The van der Waals surface area contributed by atoms with Gasteiger partial charge >= 0.3 is 17.8 Å². The minimum atomic E-state index is -0.928. The van der Waals surface area contributed by atoms with Crippen LogP contribution in [0.4, 0.5) is 5.69 Å². The van der Waals surface area contributed by atoms with Crippen LogP contribution in [0.2, 0.25) is 5.02 Å². The number of nitrogens with zero attached hydrogens (tertiary/aromatic N) is 1. The van der Waals surface area contributed by atoms with Gasteiger partial charge in [-0.05, 0) is 35.9 Å². The van der Waals surface area contributed by atoms with Crippen LogP contribution in [0.3, 0.4) is 0 Å². The molecule has 0 bridgehead atoms. The molecule has 0 atom stereocenters. The Balaban J connectivity index is 1.89. The molecule has 2 N–H and O–H groups in total. The smallest absolute Gasteiger partial charge is 0.337 e. The molecule has 0 aliphatic carbocycles. The van der Waals surface area contributed by atoms with Gasteiger partial charge < -0.3 is 10.1 Å². The van der Waals surface area contributed by atoms with Gasteiger partial charge in [-0.1, -0.05) is 29.8 Å². The van der Waals surface area contributed by atoms with Crippen LogP contribution in [-0.4, -0.2) is 31.1 Å². The van der Waals surface area contributed by atoms with Gasteiger partial charge in [0.15, 0.2) is 0 Å². The number of halogens is 1. The molecule has 0 aliphatic rings. The van der Waals surface area contributed by atoms with Crippen LogP contribution in [0.1, 0.15) is 15.9 Å². The van der Waals surface area contributed by atoms with Crippen LogP contribution in [0.15, 0.2) is 53.6 Å². The van der Waals surface area contributed by atoms with E-state index in [-0.39, 0.29) is 0 Å². The zero-order chi connectivity index (χ0) is 18.2. The number of benzene rings is 2. The van der Waals surface area contributed by atoms with Crippen LogP contribution >= 0.6 is 11.6 Å². The van der Waals surface area contributed by atoms with Crippen LogP contribution in [0.25, 0.3) is 0 Å². The number of amides is 2. The predicted molar refractivity (Wildman–Crippen MR) is 93.6 cm³/mol. The van der Waals surface area contributed by atoms with E-state index in [1.54, 1.807) is 42.5 Å². The molecule has 2 aromatic rings. The van der Waals surface area contributed by atoms with Crippen LogP contribution in [-0.2, 0) is 14.3 Å². The summed E-state index contributed by atoms with van der Waals surface area (Å²) in [6.45, 7) is 0. The highest BCUT2D eigenvalue weighted by Crippen LogP contribution is 2.14. The van der Waals surface area contributed by atoms with Crippen LogP contribution in [0, 0.1) is 0 Å². The molecule has 0 heterocycles. The summed E-state index contributed by atoms with van der Waals surface area (Å²) in [6, 6.07) is 12.8. The predicted octanol–water partition coefficient (Wildman–Crippen LogP) is 2.22. The van der Waals surface area contributed by atoms with E-state index in [1.165, 1.54) is 19.4 Å². The molecule has 2 aromatic carbocycles. The fourth-order valence-corrected chi connectivity index (χ4v) is 1.98. The molecule has 0 fully saturated rings. The average molecular weight is 360 g/mol. The van der Waals surface area contributed by atoms with Crippen molar-refractivity contribution in [2.45, 2.75) is 0 Å². The van der Waals surface area contributed by atoms with Gasteiger partial charge in [0.25, 0.3) is 0 Å². The highest BCUT2D eigenvalue weighted by molar-refractivity contribution is 6.39. The molecule has 2 rings (SSSR count). The van der Waals surface area contributed by atoms with Gasteiger partial charge in [-0.25, -0.2) is 10.2 Å². The van der Waals surface area contributed by atoms with E-state index in [0.717, 1.165) is 0 Å². The van der Waals surface area contributed by atoms with Gasteiger partial charge in [0.1, 0.15) is 0 Å². The highest BCUT2D eigenvalue weighted by atomic mass is 35.5. The first-order valence-electron chi connectivity index (χ1n) is 7.08. The van der Waals surface area contributed by atoms with Crippen molar-refractivity contribution >= 4 is 41.3 Å². The van der Waals surface area contributed by atoms with E-state index in [0.29, 0.717) is 21.8 Å². The number of ether oxygens (including phenoxy) is 1. The Morgan fingerprint density at radius 1 is 1.08 bits per heavy atom. The quantitative estimate of drug-likeness (QED) is 0.378. The molecule has 0 radical (unpaired) electrons. The van der Waals surface area contributed by atoms with Gasteiger partial charge in [0, 0.05) is 10.7 Å². The molecule has 7 nitrogen and oxygen atoms in total. The summed E-state index contributed by atoms with van der Waals surface area (Å²) in [5, 5.41) is 6.52. The number of hydrogen-bond acceptors (Lipinski definition) is 5. The highest BCUT2D eigenvalue weighted by Gasteiger charge is 2.12. The zero-order valence-electron chi connectivity index (χ0n) is 13.2. The second-order valence-corrected chi connectivity index (χ2v) is 5.21. The van der Waals surface area contributed by atoms with Crippen molar-refractivity contribution < 1.29 is 19.1 Å². The zero-order valence-corrected chi connectivity index (χ0v) is 13.9. The first-order chi connectivity index (χ1) is 12.0. The fraction of sp³-hybridized carbons (Fsp3) is 0.0588. The maximum Gasteiger partial charge on any atom is 0.337 e. The molecular formula is C17H14ClN3O4. The number of anilines is 1. The lowest BCUT2D eigenvalue weighted by Crippen LogP contribution is -2.32. The number of hydrazone groups is 1. The van der Waals surface area contributed by atoms with Gasteiger partial charge in [0.2, 0.25) is 0 Å². The van der Waals surface area contributed by atoms with E-state index in [9.17, 15) is 14.4 Å². The summed E-state index contributed by atoms with van der Waals surface area (Å²) >= 11 is 5.79. The molecule has 8 heteroatoms. The van der Waals surface area contributed by atoms with Gasteiger partial charge in [-0.3, -0.25) is 9.59 Å². The second-order valence-electron chi connectivity index (χ2n) is 4.78. The monoisotopic (exact) mass is 359 g/mol. The lowest BCUT2D eigenvalue weighted by Gasteiger charge is -2.04. The van der Waals surface area contributed by atoms with Gasteiger partial charge in [0.05, 0.1) is 18.9 Å². The van der Waals surface area contributed by atoms with E-state index in [2.05, 4.69) is 20.6 Å². The third-order valence-electron chi connectivity index (χ3n) is 3.00. The third-order valence-corrected chi connectivity index (χ3v) is 3.24. The van der Waals surface area contributed by atoms with E-state index >= 15 is 0 Å². The lowest BCUT2D eigenvalue weighted by molar-refractivity contribution is -0.136. The second kappa shape index (κ2) is 8.60. The molecule has 0 aromatic heterocycles. The lowest BCUT2D eigenvalue weighted by atomic mass is 10.1. The van der Waals surface area contributed by atoms with Crippen molar-refractivity contribution in [1.82, 2.24) is 5.43 Å². The van der Waals surface area contributed by atoms with Crippen LogP contribution in [0.5, 0.6) is 0 Å². The minimum Gasteiger partial charge on any atom is -0.465 e. The fourth-order valence-electron chi connectivity index (χ4n) is 1.79.